The molecule has 0 radical (unpaired) electrons. The number of nitrogen functional groups attached to an aromatic ring is 1. The molecule has 8 heteroatoms. The zero-order chi connectivity index (χ0) is 19.1. The lowest BCUT2D eigenvalue weighted by atomic mass is 9.68. The third kappa shape index (κ3) is 3.23. The number of fused-ring (bicyclic) bond motifs is 1. The van der Waals surface area contributed by atoms with Crippen LogP contribution in [0.25, 0.3) is 5.52 Å². The molecule has 2 aromatic heterocycles. The van der Waals surface area contributed by atoms with E-state index in [1.165, 1.54) is 6.33 Å². The lowest BCUT2D eigenvalue weighted by molar-refractivity contribution is -0.155. The third-order valence-corrected chi connectivity index (χ3v) is 5.82. The molecule has 1 aliphatic carbocycles. The van der Waals surface area contributed by atoms with Gasteiger partial charge in [-0.3, -0.25) is 4.79 Å². The summed E-state index contributed by atoms with van der Waals surface area (Å²) in [6.07, 6.45) is 5.87. The highest BCUT2D eigenvalue weighted by Gasteiger charge is 2.44. The molecule has 0 aromatic carbocycles. The number of hydrogen-bond donors (Lipinski definition) is 1. The van der Waals surface area contributed by atoms with E-state index >= 15 is 0 Å². The molecule has 27 heavy (non-hydrogen) atoms. The van der Waals surface area contributed by atoms with Crippen molar-refractivity contribution in [3.05, 3.63) is 24.2 Å². The molecule has 1 saturated heterocycles. The predicted molar refractivity (Wildman–Crippen MR) is 96.3 cm³/mol. The number of carbonyl (C=O) groups is 1. The Morgan fingerprint density at radius 3 is 3.00 bits per heavy atom. The van der Waals surface area contributed by atoms with Crippen LogP contribution in [0.15, 0.2) is 18.5 Å². The van der Waals surface area contributed by atoms with Gasteiger partial charge in [0.05, 0.1) is 12.1 Å². The number of anilines is 1. The van der Waals surface area contributed by atoms with Gasteiger partial charge in [0.1, 0.15) is 30.6 Å². The summed E-state index contributed by atoms with van der Waals surface area (Å²) in [5, 5.41) is 13.9. The minimum absolute atomic E-state index is 0.0463. The van der Waals surface area contributed by atoms with E-state index in [1.807, 2.05) is 12.1 Å². The molecule has 0 amide bonds. The molecular formula is C19H23N5O3. The van der Waals surface area contributed by atoms with Gasteiger partial charge in [-0.15, -0.1) is 0 Å². The average Bonchev–Trinajstić information content (AvgIpc) is 3.24. The van der Waals surface area contributed by atoms with Crippen LogP contribution in [0.5, 0.6) is 0 Å². The topological polar surface area (TPSA) is 116 Å². The first-order chi connectivity index (χ1) is 12.9. The van der Waals surface area contributed by atoms with Crippen molar-refractivity contribution in [1.29, 1.82) is 5.26 Å². The quantitative estimate of drug-likeness (QED) is 0.805. The summed E-state index contributed by atoms with van der Waals surface area (Å²) in [5.74, 6) is 0.131. The van der Waals surface area contributed by atoms with Crippen LogP contribution in [-0.2, 0) is 14.3 Å². The molecule has 0 bridgehead atoms. The van der Waals surface area contributed by atoms with E-state index in [1.54, 1.807) is 4.52 Å². The molecule has 2 aliphatic rings. The van der Waals surface area contributed by atoms with Crippen LogP contribution in [0.1, 0.15) is 57.2 Å². The van der Waals surface area contributed by atoms with Crippen molar-refractivity contribution in [2.24, 2.45) is 5.41 Å². The molecule has 0 unspecified atom stereocenters. The van der Waals surface area contributed by atoms with Gasteiger partial charge in [0.25, 0.3) is 0 Å². The van der Waals surface area contributed by atoms with Crippen LogP contribution in [0, 0.1) is 16.7 Å². The number of aromatic nitrogens is 3. The van der Waals surface area contributed by atoms with Crippen LogP contribution >= 0.6 is 0 Å². The molecule has 2 aromatic rings. The van der Waals surface area contributed by atoms with Gasteiger partial charge in [0, 0.05) is 0 Å². The first-order valence-electron chi connectivity index (χ1n) is 9.27. The highest BCUT2D eigenvalue weighted by Crippen LogP contribution is 2.44. The maximum absolute atomic E-state index is 12.2. The van der Waals surface area contributed by atoms with Gasteiger partial charge in [-0.25, -0.2) is 9.50 Å². The molecule has 4 rings (SSSR count). The Hall–Kier alpha value is -2.66. The van der Waals surface area contributed by atoms with Crippen molar-refractivity contribution in [3.8, 4) is 6.07 Å². The Morgan fingerprint density at radius 1 is 1.48 bits per heavy atom. The molecule has 2 atom stereocenters. The smallest absolute Gasteiger partial charge is 0.306 e. The fourth-order valence-corrected chi connectivity index (χ4v) is 3.95. The van der Waals surface area contributed by atoms with E-state index in [2.05, 4.69) is 23.1 Å². The van der Waals surface area contributed by atoms with Gasteiger partial charge >= 0.3 is 5.97 Å². The Balaban J connectivity index is 1.43. The number of nitriles is 1. The van der Waals surface area contributed by atoms with Crippen LogP contribution in [0.4, 0.5) is 5.82 Å². The summed E-state index contributed by atoms with van der Waals surface area (Å²) in [4.78, 5) is 16.1. The van der Waals surface area contributed by atoms with E-state index in [0.29, 0.717) is 30.6 Å². The number of rotatable bonds is 5. The first kappa shape index (κ1) is 17.7. The SMILES string of the molecule is CC1(CC(=O)OC[C@]2(C#N)CC[C@H](c3ccc4c(N)ncnn34)O2)CCC1. The second-order valence-electron chi connectivity index (χ2n) is 7.95. The summed E-state index contributed by atoms with van der Waals surface area (Å²) >= 11 is 0. The molecule has 2 fully saturated rings. The van der Waals surface area contributed by atoms with Crippen LogP contribution in [0.3, 0.4) is 0 Å². The summed E-state index contributed by atoms with van der Waals surface area (Å²) in [5.41, 5.74) is 6.32. The molecule has 2 N–H and O–H groups in total. The van der Waals surface area contributed by atoms with Crippen molar-refractivity contribution in [2.75, 3.05) is 12.3 Å². The average molecular weight is 369 g/mol. The van der Waals surface area contributed by atoms with E-state index in [4.69, 9.17) is 15.2 Å². The van der Waals surface area contributed by atoms with Gasteiger partial charge in [-0.05, 0) is 43.2 Å². The summed E-state index contributed by atoms with van der Waals surface area (Å²) in [6, 6.07) is 5.92. The van der Waals surface area contributed by atoms with Crippen molar-refractivity contribution in [2.45, 2.75) is 57.2 Å². The highest BCUT2D eigenvalue weighted by molar-refractivity contribution is 5.70. The lowest BCUT2D eigenvalue weighted by Crippen LogP contribution is -2.35. The second kappa shape index (κ2) is 6.50. The molecular weight excluding hydrogens is 346 g/mol. The fourth-order valence-electron chi connectivity index (χ4n) is 3.95. The summed E-state index contributed by atoms with van der Waals surface area (Å²) in [7, 11) is 0. The van der Waals surface area contributed by atoms with E-state index in [-0.39, 0.29) is 24.1 Å². The predicted octanol–water partition coefficient (Wildman–Crippen LogP) is 2.55. The van der Waals surface area contributed by atoms with E-state index < -0.39 is 5.60 Å². The Bertz CT molecular complexity index is 914. The van der Waals surface area contributed by atoms with Crippen molar-refractivity contribution in [3.63, 3.8) is 0 Å². The number of nitrogens with two attached hydrogens (primary N) is 1. The molecule has 3 heterocycles. The molecule has 1 aliphatic heterocycles. The number of carbonyl (C=O) groups excluding carboxylic acids is 1. The summed E-state index contributed by atoms with van der Waals surface area (Å²) in [6.45, 7) is 2.06. The minimum atomic E-state index is -1.12. The Morgan fingerprint density at radius 2 is 2.30 bits per heavy atom. The largest absolute Gasteiger partial charge is 0.461 e. The molecule has 1 saturated carbocycles. The minimum Gasteiger partial charge on any atom is -0.461 e. The maximum Gasteiger partial charge on any atom is 0.306 e. The van der Waals surface area contributed by atoms with Crippen molar-refractivity contribution >= 4 is 17.3 Å². The van der Waals surface area contributed by atoms with Crippen LogP contribution < -0.4 is 5.73 Å². The fraction of sp³-hybridized carbons (Fsp3) is 0.579. The van der Waals surface area contributed by atoms with Gasteiger partial charge in [0.15, 0.2) is 11.4 Å². The second-order valence-corrected chi connectivity index (χ2v) is 7.95. The zero-order valence-corrected chi connectivity index (χ0v) is 15.4. The van der Waals surface area contributed by atoms with Crippen LogP contribution in [-0.4, -0.2) is 32.8 Å². The van der Waals surface area contributed by atoms with Gasteiger partial charge in [-0.1, -0.05) is 13.3 Å². The van der Waals surface area contributed by atoms with Gasteiger partial charge < -0.3 is 15.2 Å². The monoisotopic (exact) mass is 369 g/mol. The molecule has 8 nitrogen and oxygen atoms in total. The zero-order valence-electron chi connectivity index (χ0n) is 15.4. The number of ether oxygens (including phenoxy) is 2. The van der Waals surface area contributed by atoms with E-state index in [9.17, 15) is 10.1 Å². The van der Waals surface area contributed by atoms with Crippen molar-refractivity contribution in [1.82, 2.24) is 14.6 Å². The third-order valence-electron chi connectivity index (χ3n) is 5.82. The Labute approximate surface area is 157 Å². The number of nitrogens with zero attached hydrogens (tertiary/aromatic N) is 4. The van der Waals surface area contributed by atoms with Crippen molar-refractivity contribution < 1.29 is 14.3 Å². The maximum atomic E-state index is 12.2. The molecule has 0 spiro atoms. The first-order valence-corrected chi connectivity index (χ1v) is 9.27. The number of esters is 1. The normalized spacial score (nSPS) is 26.4. The lowest BCUT2D eigenvalue weighted by Gasteiger charge is -2.37. The molecule has 142 valence electrons. The van der Waals surface area contributed by atoms with Gasteiger partial charge in [-0.2, -0.15) is 10.4 Å². The number of hydrogen-bond acceptors (Lipinski definition) is 7. The van der Waals surface area contributed by atoms with Crippen LogP contribution in [0.2, 0.25) is 0 Å². The summed E-state index contributed by atoms with van der Waals surface area (Å²) < 4.78 is 13.2. The Kier molecular flexibility index (Phi) is 4.27. The van der Waals surface area contributed by atoms with E-state index in [0.717, 1.165) is 25.0 Å². The standard InChI is InChI=1S/C19H23N5O3/c1-18(6-2-7-18)9-16(25)26-11-19(10-20)8-5-15(27-19)13-3-4-14-17(21)22-12-23-24(13)14/h3-4,12,15H,2,5-9,11H2,1H3,(H2,21,22,23)/t15-,19-/m1/s1. The van der Waals surface area contributed by atoms with Gasteiger partial charge in [0.2, 0.25) is 0 Å². The highest BCUT2D eigenvalue weighted by atomic mass is 16.6.